The first kappa shape index (κ1) is 28.6. The average Bonchev–Trinajstić information content (AvgIpc) is 3.57. The summed E-state index contributed by atoms with van der Waals surface area (Å²) < 4.78 is 2.37. The molecule has 0 aliphatic heterocycles. The summed E-state index contributed by atoms with van der Waals surface area (Å²) in [6, 6.07) is 53.2. The van der Waals surface area contributed by atoms with E-state index in [-0.39, 0.29) is 5.41 Å². The first-order valence-electron chi connectivity index (χ1n) is 17.1. The number of nitrogens with zero attached hydrogens (tertiary/aromatic N) is 2. The van der Waals surface area contributed by atoms with E-state index in [0.717, 1.165) is 17.8 Å². The number of benzene rings is 6. The summed E-state index contributed by atoms with van der Waals surface area (Å²) >= 11 is 0. The average molecular weight is 619 g/mol. The monoisotopic (exact) mass is 618 g/mol. The van der Waals surface area contributed by atoms with Crippen LogP contribution in [0.1, 0.15) is 38.3 Å². The molecular formula is C46H38N2. The third kappa shape index (κ3) is 4.47. The Kier molecular flexibility index (Phi) is 6.55. The van der Waals surface area contributed by atoms with Crippen LogP contribution < -0.4 is 4.90 Å². The highest BCUT2D eigenvalue weighted by Crippen LogP contribution is 2.52. The van der Waals surface area contributed by atoms with Gasteiger partial charge in [-0.2, -0.15) is 0 Å². The minimum Gasteiger partial charge on any atom is -0.310 e. The quantitative estimate of drug-likeness (QED) is 0.186. The molecule has 0 bridgehead atoms. The van der Waals surface area contributed by atoms with Gasteiger partial charge in [-0.1, -0.05) is 117 Å². The largest absolute Gasteiger partial charge is 0.310 e. The fourth-order valence-corrected chi connectivity index (χ4v) is 8.13. The molecule has 0 amide bonds. The van der Waals surface area contributed by atoms with Crippen molar-refractivity contribution in [2.45, 2.75) is 32.6 Å². The molecule has 232 valence electrons. The van der Waals surface area contributed by atoms with E-state index in [0.29, 0.717) is 5.92 Å². The molecule has 1 aromatic heterocycles. The van der Waals surface area contributed by atoms with Crippen molar-refractivity contribution in [3.8, 4) is 16.8 Å². The molecule has 1 atom stereocenters. The molecule has 1 unspecified atom stereocenters. The van der Waals surface area contributed by atoms with E-state index in [1.807, 2.05) is 0 Å². The van der Waals surface area contributed by atoms with Crippen LogP contribution in [0.2, 0.25) is 0 Å². The van der Waals surface area contributed by atoms with E-state index in [2.05, 4.69) is 188 Å². The van der Waals surface area contributed by atoms with Gasteiger partial charge in [-0.05, 0) is 107 Å². The number of aromatic nitrogens is 1. The van der Waals surface area contributed by atoms with Gasteiger partial charge in [0.2, 0.25) is 0 Å². The number of allylic oxidation sites excluding steroid dienone is 4. The summed E-state index contributed by atoms with van der Waals surface area (Å²) in [5.41, 5.74) is 15.4. The molecule has 2 nitrogen and oxygen atoms in total. The minimum absolute atomic E-state index is 0.00812. The maximum Gasteiger partial charge on any atom is 0.0541 e. The first-order valence-corrected chi connectivity index (χ1v) is 17.1. The lowest BCUT2D eigenvalue weighted by atomic mass is 9.76. The Balaban J connectivity index is 1.12. The molecule has 0 radical (unpaired) electrons. The molecule has 0 spiro atoms. The van der Waals surface area contributed by atoms with Gasteiger partial charge < -0.3 is 9.47 Å². The minimum atomic E-state index is 0.00812. The number of para-hydroxylation sites is 3. The zero-order valence-corrected chi connectivity index (χ0v) is 27.7. The van der Waals surface area contributed by atoms with E-state index in [4.69, 9.17) is 0 Å². The van der Waals surface area contributed by atoms with Crippen LogP contribution in [-0.2, 0) is 5.41 Å². The molecule has 48 heavy (non-hydrogen) atoms. The highest BCUT2D eigenvalue weighted by molar-refractivity contribution is 6.10. The van der Waals surface area contributed by atoms with Gasteiger partial charge in [0.05, 0.1) is 11.0 Å². The van der Waals surface area contributed by atoms with Gasteiger partial charge in [0.15, 0.2) is 0 Å². The van der Waals surface area contributed by atoms with Crippen LogP contribution in [0.3, 0.4) is 0 Å². The van der Waals surface area contributed by atoms with Gasteiger partial charge in [-0.15, -0.1) is 0 Å². The number of anilines is 3. The second kappa shape index (κ2) is 11.0. The lowest BCUT2D eigenvalue weighted by Crippen LogP contribution is -2.20. The van der Waals surface area contributed by atoms with Crippen molar-refractivity contribution in [2.24, 2.45) is 5.92 Å². The third-order valence-corrected chi connectivity index (χ3v) is 10.6. The van der Waals surface area contributed by atoms with Crippen LogP contribution in [0.4, 0.5) is 17.1 Å². The molecule has 7 aromatic rings. The standard InChI is InChI=1S/C46H38N2/c1-31-18-25-38-39-26-24-37(30-43(39)46(2,3)42(38)28-31)47(34-12-6-4-7-13-34)36-22-19-32(20-23-36)33-21-27-45-41(29-33)40-16-10-11-17-44(40)48(45)35-14-8-5-9-15-35/h4-27,29-31H,28H2,1-3H3. The number of fused-ring (bicyclic) bond motifs is 5. The van der Waals surface area contributed by atoms with Crippen LogP contribution in [0.5, 0.6) is 0 Å². The molecule has 6 aromatic carbocycles. The SMILES string of the molecule is CC1C=CC2=C(C1)C(C)(C)c1cc(N(c3ccccc3)c3ccc(-c4ccc5c(c4)c4ccccc4n5-c4ccccc4)cc3)ccc12. The smallest absolute Gasteiger partial charge is 0.0541 e. The van der Waals surface area contributed by atoms with Crippen molar-refractivity contribution >= 4 is 44.4 Å². The Morgan fingerprint density at radius 1 is 0.604 bits per heavy atom. The van der Waals surface area contributed by atoms with Crippen LogP contribution in [0, 0.1) is 5.92 Å². The fourth-order valence-electron chi connectivity index (χ4n) is 8.13. The lowest BCUT2D eigenvalue weighted by molar-refractivity contribution is 0.566. The maximum absolute atomic E-state index is 2.43. The van der Waals surface area contributed by atoms with Gasteiger partial charge in [-0.3, -0.25) is 0 Å². The van der Waals surface area contributed by atoms with E-state index >= 15 is 0 Å². The zero-order valence-electron chi connectivity index (χ0n) is 27.7. The van der Waals surface area contributed by atoms with Gasteiger partial charge >= 0.3 is 0 Å². The summed E-state index contributed by atoms with van der Waals surface area (Å²) in [7, 11) is 0. The highest BCUT2D eigenvalue weighted by Gasteiger charge is 2.38. The Hall–Kier alpha value is -5.60. The third-order valence-electron chi connectivity index (χ3n) is 10.6. The van der Waals surface area contributed by atoms with Crippen molar-refractivity contribution < 1.29 is 0 Å². The van der Waals surface area contributed by atoms with Crippen LogP contribution in [0.15, 0.2) is 163 Å². The first-order chi connectivity index (χ1) is 23.5. The summed E-state index contributed by atoms with van der Waals surface area (Å²) in [5, 5.41) is 2.54. The van der Waals surface area contributed by atoms with Gasteiger partial charge in [0, 0.05) is 38.9 Å². The lowest BCUT2D eigenvalue weighted by Gasteiger charge is -2.30. The second-order valence-corrected chi connectivity index (χ2v) is 13.9. The fraction of sp³-hybridized carbons (Fsp3) is 0.130. The Morgan fingerprint density at radius 3 is 2.04 bits per heavy atom. The van der Waals surface area contributed by atoms with E-state index in [9.17, 15) is 0 Å². The predicted octanol–water partition coefficient (Wildman–Crippen LogP) is 12.6. The van der Waals surface area contributed by atoms with E-state index < -0.39 is 0 Å². The maximum atomic E-state index is 2.43. The zero-order chi connectivity index (χ0) is 32.4. The number of hydrogen-bond donors (Lipinski definition) is 0. The van der Waals surface area contributed by atoms with Crippen LogP contribution >= 0.6 is 0 Å². The van der Waals surface area contributed by atoms with Crippen molar-refractivity contribution in [2.75, 3.05) is 4.90 Å². The Bertz CT molecular complexity index is 2390. The molecule has 2 heteroatoms. The Labute approximate surface area is 282 Å². The summed E-state index contributed by atoms with van der Waals surface area (Å²) in [4.78, 5) is 2.40. The van der Waals surface area contributed by atoms with Crippen LogP contribution in [-0.4, -0.2) is 4.57 Å². The molecule has 0 N–H and O–H groups in total. The van der Waals surface area contributed by atoms with Crippen molar-refractivity contribution in [1.82, 2.24) is 4.57 Å². The van der Waals surface area contributed by atoms with Gasteiger partial charge in [0.1, 0.15) is 0 Å². The normalized spacial score (nSPS) is 16.4. The van der Waals surface area contributed by atoms with E-state index in [1.165, 1.54) is 61.0 Å². The molecule has 0 saturated carbocycles. The van der Waals surface area contributed by atoms with Gasteiger partial charge in [0.25, 0.3) is 0 Å². The molecular weight excluding hydrogens is 581 g/mol. The summed E-state index contributed by atoms with van der Waals surface area (Å²) in [5.74, 6) is 0.583. The second-order valence-electron chi connectivity index (χ2n) is 13.9. The number of rotatable bonds is 5. The van der Waals surface area contributed by atoms with E-state index in [1.54, 1.807) is 5.57 Å². The van der Waals surface area contributed by atoms with Crippen LogP contribution in [0.25, 0.3) is 44.2 Å². The molecule has 1 heterocycles. The molecule has 2 aliphatic rings. The van der Waals surface area contributed by atoms with Crippen molar-refractivity contribution in [3.63, 3.8) is 0 Å². The van der Waals surface area contributed by atoms with Crippen molar-refractivity contribution in [3.05, 3.63) is 174 Å². The molecule has 2 aliphatic carbocycles. The highest BCUT2D eigenvalue weighted by atomic mass is 15.1. The van der Waals surface area contributed by atoms with Crippen molar-refractivity contribution in [1.29, 1.82) is 0 Å². The molecule has 0 fully saturated rings. The topological polar surface area (TPSA) is 8.17 Å². The summed E-state index contributed by atoms with van der Waals surface area (Å²) in [6.07, 6.45) is 5.86. The van der Waals surface area contributed by atoms with Gasteiger partial charge in [-0.25, -0.2) is 0 Å². The summed E-state index contributed by atoms with van der Waals surface area (Å²) in [6.45, 7) is 7.13. The predicted molar refractivity (Wildman–Crippen MR) is 204 cm³/mol. The number of hydrogen-bond acceptors (Lipinski definition) is 1. The Morgan fingerprint density at radius 2 is 1.25 bits per heavy atom. The molecule has 0 saturated heterocycles. The molecule has 9 rings (SSSR count).